The van der Waals surface area contributed by atoms with Crippen LogP contribution in [-0.4, -0.2) is 63.7 Å². The van der Waals surface area contributed by atoms with Gasteiger partial charge < -0.3 is 25.1 Å². The van der Waals surface area contributed by atoms with E-state index in [1.807, 2.05) is 18.2 Å². The van der Waals surface area contributed by atoms with Crippen LogP contribution in [0.4, 0.5) is 0 Å². The molecule has 0 aliphatic carbocycles. The molecule has 1 aliphatic rings. The molecule has 0 saturated carbocycles. The zero-order valence-corrected chi connectivity index (χ0v) is 24.4. The zero-order valence-electron chi connectivity index (χ0n) is 23.7. The molecule has 2 aromatic heterocycles. The summed E-state index contributed by atoms with van der Waals surface area (Å²) in [5.74, 6) is -1.14. The van der Waals surface area contributed by atoms with Crippen molar-refractivity contribution >= 4 is 40.3 Å². The van der Waals surface area contributed by atoms with Gasteiger partial charge in [-0.05, 0) is 73.3 Å². The highest BCUT2D eigenvalue weighted by Crippen LogP contribution is 2.25. The van der Waals surface area contributed by atoms with E-state index >= 15 is 0 Å². The molecule has 2 amide bonds. The Morgan fingerprint density at radius 3 is 2.56 bits per heavy atom. The number of unbranched alkanes of at least 4 members (excludes halogenated alkanes) is 1. The average Bonchev–Trinajstić information content (AvgIpc) is 3.66. The largest absolute Gasteiger partial charge is 0.434 e. The number of Topliss-reactive ketones (excluding diaryl/α,β-unsaturated/α-hetero) is 1. The number of oxazole rings is 1. The predicted molar refractivity (Wildman–Crippen MR) is 161 cm³/mol. The second-order valence-electron chi connectivity index (χ2n) is 10.6. The number of pyridine rings is 1. The van der Waals surface area contributed by atoms with Crippen LogP contribution in [0, 0.1) is 0 Å². The Balaban J connectivity index is 1.33. The number of ketones is 1. The van der Waals surface area contributed by atoms with Crippen molar-refractivity contribution in [3.05, 3.63) is 95.1 Å². The molecule has 1 aliphatic heterocycles. The van der Waals surface area contributed by atoms with Crippen LogP contribution in [0.3, 0.4) is 0 Å². The number of hydrogen-bond acceptors (Lipinski definition) is 8. The normalized spacial score (nSPS) is 17.2. The van der Waals surface area contributed by atoms with E-state index in [9.17, 15) is 14.4 Å². The minimum Gasteiger partial charge on any atom is -0.434 e. The van der Waals surface area contributed by atoms with Crippen molar-refractivity contribution in [3.8, 4) is 0 Å². The van der Waals surface area contributed by atoms with Crippen molar-refractivity contribution in [1.29, 1.82) is 0 Å². The van der Waals surface area contributed by atoms with E-state index in [1.54, 1.807) is 59.8 Å². The summed E-state index contributed by atoms with van der Waals surface area (Å²) in [4.78, 5) is 50.7. The Bertz CT molecular complexity index is 1510. The standard InChI is InChI=1S/C32H34ClN5O5/c33-23-10-8-22(9-11-23)20-42-24-18-27(38(19-24)29(39)17-21-12-15-35-16-13-21)31(41)36-26(6-3-4-14-34)30(40)32-37-25-5-1-2-7-28(25)43-32/h1-2,5,7-13,15-16,24,26-27H,3-4,6,14,17-20,34H2,(H,36,41)/t24-,26+,27+/m1/s1. The molecule has 3 N–H and O–H groups in total. The number of rotatable bonds is 13. The number of fused-ring (bicyclic) bond motifs is 1. The minimum absolute atomic E-state index is 0.0690. The fourth-order valence-corrected chi connectivity index (χ4v) is 5.30. The van der Waals surface area contributed by atoms with Gasteiger partial charge in [-0.2, -0.15) is 0 Å². The number of hydrogen-bond donors (Lipinski definition) is 2. The van der Waals surface area contributed by atoms with Crippen LogP contribution in [0.15, 0.2) is 77.5 Å². The summed E-state index contributed by atoms with van der Waals surface area (Å²) >= 11 is 6.00. The molecule has 0 bridgehead atoms. The van der Waals surface area contributed by atoms with Crippen molar-refractivity contribution in [2.24, 2.45) is 5.73 Å². The molecule has 5 rings (SSSR count). The second-order valence-corrected chi connectivity index (χ2v) is 11.0. The summed E-state index contributed by atoms with van der Waals surface area (Å²) in [7, 11) is 0. The molecule has 2 aromatic carbocycles. The molecule has 0 radical (unpaired) electrons. The van der Waals surface area contributed by atoms with Gasteiger partial charge in [-0.3, -0.25) is 19.4 Å². The summed E-state index contributed by atoms with van der Waals surface area (Å²) in [6.45, 7) is 1.01. The first-order chi connectivity index (χ1) is 20.9. The maximum Gasteiger partial charge on any atom is 0.266 e. The van der Waals surface area contributed by atoms with Gasteiger partial charge in [-0.15, -0.1) is 0 Å². The highest BCUT2D eigenvalue weighted by Gasteiger charge is 2.41. The van der Waals surface area contributed by atoms with E-state index in [0.717, 1.165) is 11.1 Å². The lowest BCUT2D eigenvalue weighted by atomic mass is 10.0. The Morgan fingerprint density at radius 1 is 1.05 bits per heavy atom. The fourth-order valence-electron chi connectivity index (χ4n) is 5.17. The third-order valence-electron chi connectivity index (χ3n) is 7.47. The van der Waals surface area contributed by atoms with E-state index < -0.39 is 23.8 Å². The van der Waals surface area contributed by atoms with Gasteiger partial charge in [0.1, 0.15) is 11.6 Å². The van der Waals surface area contributed by atoms with Crippen molar-refractivity contribution in [2.45, 2.75) is 56.9 Å². The van der Waals surface area contributed by atoms with Gasteiger partial charge in [-0.1, -0.05) is 35.9 Å². The van der Waals surface area contributed by atoms with Gasteiger partial charge >= 0.3 is 0 Å². The molecular formula is C32H34ClN5O5. The highest BCUT2D eigenvalue weighted by molar-refractivity contribution is 6.30. The lowest BCUT2D eigenvalue weighted by Gasteiger charge is -2.26. The Morgan fingerprint density at radius 2 is 1.81 bits per heavy atom. The molecule has 3 atom stereocenters. The average molecular weight is 604 g/mol. The van der Waals surface area contributed by atoms with Gasteiger partial charge in [0.2, 0.25) is 17.6 Å². The van der Waals surface area contributed by atoms with E-state index in [1.165, 1.54) is 0 Å². The maximum absolute atomic E-state index is 13.8. The first-order valence-electron chi connectivity index (χ1n) is 14.4. The summed E-state index contributed by atoms with van der Waals surface area (Å²) in [5.41, 5.74) is 8.45. The second kappa shape index (κ2) is 14.4. The van der Waals surface area contributed by atoms with Gasteiger partial charge in [0, 0.05) is 30.4 Å². The summed E-state index contributed by atoms with van der Waals surface area (Å²) in [6, 6.07) is 16.2. The van der Waals surface area contributed by atoms with E-state index in [4.69, 9.17) is 26.5 Å². The quantitative estimate of drug-likeness (QED) is 0.172. The minimum atomic E-state index is -0.890. The number of ether oxygens (including phenoxy) is 1. The van der Waals surface area contributed by atoms with Crippen molar-refractivity contribution in [3.63, 3.8) is 0 Å². The maximum atomic E-state index is 13.8. The van der Waals surface area contributed by atoms with Crippen LogP contribution < -0.4 is 11.1 Å². The van der Waals surface area contributed by atoms with Gasteiger partial charge in [0.05, 0.1) is 25.2 Å². The monoisotopic (exact) mass is 603 g/mol. The zero-order chi connectivity index (χ0) is 30.2. The first-order valence-corrected chi connectivity index (χ1v) is 14.7. The van der Waals surface area contributed by atoms with Crippen molar-refractivity contribution < 1.29 is 23.5 Å². The number of nitrogens with zero attached hydrogens (tertiary/aromatic N) is 3. The van der Waals surface area contributed by atoms with Crippen LogP contribution in [0.5, 0.6) is 0 Å². The highest BCUT2D eigenvalue weighted by atomic mass is 35.5. The summed E-state index contributed by atoms with van der Waals surface area (Å²) in [6.07, 6.45) is 4.93. The number of likely N-dealkylation sites (tertiary alicyclic amines) is 1. The third-order valence-corrected chi connectivity index (χ3v) is 7.73. The predicted octanol–water partition coefficient (Wildman–Crippen LogP) is 4.10. The van der Waals surface area contributed by atoms with E-state index in [2.05, 4.69) is 15.3 Å². The lowest BCUT2D eigenvalue weighted by Crippen LogP contribution is -2.51. The topological polar surface area (TPSA) is 141 Å². The molecule has 3 heterocycles. The Labute approximate surface area is 254 Å². The molecule has 224 valence electrons. The number of para-hydroxylation sites is 2. The van der Waals surface area contributed by atoms with Crippen LogP contribution in [-0.2, 0) is 27.4 Å². The van der Waals surface area contributed by atoms with Crippen molar-refractivity contribution in [1.82, 2.24) is 20.2 Å². The molecular weight excluding hydrogens is 570 g/mol. The number of amides is 2. The molecule has 11 heteroatoms. The number of aromatic nitrogens is 2. The van der Waals surface area contributed by atoms with Gasteiger partial charge in [0.25, 0.3) is 5.89 Å². The number of benzene rings is 2. The number of halogens is 1. The number of carbonyl (C=O) groups excluding carboxylic acids is 3. The molecule has 0 unspecified atom stereocenters. The number of nitrogens with two attached hydrogens (primary N) is 1. The van der Waals surface area contributed by atoms with Crippen LogP contribution in [0.2, 0.25) is 5.02 Å². The van der Waals surface area contributed by atoms with Gasteiger partial charge in [0.15, 0.2) is 5.58 Å². The number of carbonyl (C=O) groups is 3. The van der Waals surface area contributed by atoms with Crippen LogP contribution in [0.25, 0.3) is 11.1 Å². The van der Waals surface area contributed by atoms with Crippen LogP contribution in [0.1, 0.15) is 47.5 Å². The molecule has 43 heavy (non-hydrogen) atoms. The summed E-state index contributed by atoms with van der Waals surface area (Å²) in [5, 5.41) is 3.53. The Hall–Kier alpha value is -4.12. The summed E-state index contributed by atoms with van der Waals surface area (Å²) < 4.78 is 11.9. The van der Waals surface area contributed by atoms with Crippen molar-refractivity contribution in [2.75, 3.05) is 13.1 Å². The van der Waals surface area contributed by atoms with E-state index in [0.29, 0.717) is 48.5 Å². The first kappa shape index (κ1) is 30.3. The molecule has 0 spiro atoms. The Kier molecular flexibility index (Phi) is 10.1. The lowest BCUT2D eigenvalue weighted by molar-refractivity contribution is -0.138. The SMILES string of the molecule is NCCCC[C@H](NC(=O)[C@@H]1C[C@@H](OCc2ccc(Cl)cc2)CN1C(=O)Cc1ccncc1)C(=O)c1nc2ccccc2o1. The molecule has 1 saturated heterocycles. The van der Waals surface area contributed by atoms with Gasteiger partial charge in [-0.25, -0.2) is 4.98 Å². The van der Waals surface area contributed by atoms with Crippen LogP contribution >= 0.6 is 11.6 Å². The molecule has 1 fully saturated rings. The van der Waals surface area contributed by atoms with E-state index in [-0.39, 0.29) is 37.3 Å². The fraction of sp³-hybridized carbons (Fsp3) is 0.344. The molecule has 4 aromatic rings. The third kappa shape index (κ3) is 7.84. The smallest absolute Gasteiger partial charge is 0.266 e. The molecule has 10 nitrogen and oxygen atoms in total. The number of nitrogens with one attached hydrogen (secondary N) is 1.